The minimum absolute atomic E-state index is 1.98. The molecule has 0 atom stereocenters. The van der Waals surface area contributed by atoms with E-state index in [9.17, 15) is 101 Å². The fourth-order valence-electron chi connectivity index (χ4n) is 3.25. The van der Waals surface area contributed by atoms with E-state index in [1.807, 2.05) is 0 Å². The lowest BCUT2D eigenvalue weighted by molar-refractivity contribution is -0.715. The first-order valence-corrected chi connectivity index (χ1v) is 10.2. The fraction of sp³-hybridized carbons (Fsp3) is 0. The maximum atomic E-state index is 11.8. The quantitative estimate of drug-likeness (QED) is 0.137. The number of benzene rings is 2. The molecule has 0 aliphatic heterocycles. The highest BCUT2D eigenvalue weighted by Gasteiger charge is 2.49. The number of hydrogen-bond acceptors (Lipinski definition) is 26. The highest BCUT2D eigenvalue weighted by molar-refractivity contribution is 5.89. The first-order chi connectivity index (χ1) is 22.1. The Bertz CT molecular complexity index is 1670. The van der Waals surface area contributed by atoms with Crippen molar-refractivity contribution in [2.24, 2.45) is 10.2 Å². The molecule has 0 saturated heterocycles. The van der Waals surface area contributed by atoms with Crippen LogP contribution in [0.15, 0.2) is 10.2 Å². The molecule has 0 spiro atoms. The second-order valence-corrected chi connectivity index (χ2v) is 7.11. The molecule has 0 aromatic heterocycles. The number of hydrogen-bond donors (Lipinski definition) is 0. The van der Waals surface area contributed by atoms with Crippen LogP contribution in [0.3, 0.4) is 0 Å². The first-order valence-electron chi connectivity index (χ1n) is 10.2. The zero-order valence-electron chi connectivity index (χ0n) is 21.2. The smallest absolute Gasteiger partial charge is 0.261 e. The third kappa shape index (κ3) is 6.89. The van der Waals surface area contributed by atoms with E-state index < -0.39 is 118 Å². The van der Waals surface area contributed by atoms with Gasteiger partial charge in [-0.2, -0.15) is 0 Å². The monoisotopic (exact) mass is 696 g/mol. The van der Waals surface area contributed by atoms with E-state index >= 15 is 0 Å². The number of nitrogens with zero attached hydrogens (tertiary/aromatic N) is 12. The fourth-order valence-corrected chi connectivity index (χ4v) is 3.25. The van der Waals surface area contributed by atoms with E-state index in [0.717, 1.165) is 0 Å². The van der Waals surface area contributed by atoms with Crippen LogP contribution in [0.25, 0.3) is 0 Å². The van der Waals surface area contributed by atoms with Crippen LogP contribution in [-0.4, -0.2) is 49.9 Å². The topological polar surface area (TPSA) is 493 Å². The van der Waals surface area contributed by atoms with Crippen molar-refractivity contribution in [3.63, 3.8) is 0 Å². The summed E-state index contributed by atoms with van der Waals surface area (Å²) in [5, 5.41) is 111. The number of azo groups is 1. The van der Waals surface area contributed by atoms with Crippen LogP contribution in [0.1, 0.15) is 0 Å². The van der Waals surface area contributed by atoms with Crippen LogP contribution in [-0.2, 0) is 0 Å². The van der Waals surface area contributed by atoms with Gasteiger partial charge in [0.2, 0.25) is 11.4 Å². The van der Waals surface area contributed by atoms with Gasteiger partial charge >= 0.3 is 34.1 Å². The molecule has 0 heterocycles. The standard InChI is InChI=1S/C12N12O24/c25-15(26)3-1(4(16(27)28)10(46-22(39)40)7(19(33)34)9(3)45-21(37)38)13-14-2-5(17(29)30)11(47-23(41)42)8(20(35)36)12(48-24(43)44)6(2)18(31)32. The zero-order valence-corrected chi connectivity index (χ0v) is 21.2. The lowest BCUT2D eigenvalue weighted by atomic mass is 10.1. The van der Waals surface area contributed by atoms with Crippen molar-refractivity contribution >= 4 is 45.5 Å². The Kier molecular flexibility index (Phi) is 9.79. The predicted molar refractivity (Wildman–Crippen MR) is 127 cm³/mol. The summed E-state index contributed by atoms with van der Waals surface area (Å²) in [6, 6.07) is 0. The molecular formula is C12N12O24. The molecule has 0 saturated carbocycles. The number of nitro groups is 6. The molecule has 0 bridgehead atoms. The molecule has 36 heteroatoms. The summed E-state index contributed by atoms with van der Waals surface area (Å²) >= 11 is 0. The SMILES string of the molecule is O=[N+]([O-])Oc1c([N+](=O)[O-])c(N=Nc2c([N+](=O)[O-])c(O[N+](=O)[O-])c([N+](=O)[O-])c(O[N+](=O)[O-])c2[N+](=O)[O-])c([N+](=O)[O-])c(O[N+](=O)[O-])c1[N+](=O)[O-]. The molecule has 252 valence electrons. The van der Waals surface area contributed by atoms with E-state index in [4.69, 9.17) is 0 Å². The normalized spacial score (nSPS) is 10.4. The molecule has 36 nitrogen and oxygen atoms in total. The van der Waals surface area contributed by atoms with E-state index in [1.165, 1.54) is 0 Å². The number of rotatable bonds is 16. The van der Waals surface area contributed by atoms with Crippen molar-refractivity contribution in [3.8, 4) is 23.0 Å². The molecule has 0 radical (unpaired) electrons. The van der Waals surface area contributed by atoms with Crippen LogP contribution in [0.4, 0.5) is 45.5 Å². The summed E-state index contributed by atoms with van der Waals surface area (Å²) < 4.78 is 0. The molecular weight excluding hydrogens is 696 g/mol. The van der Waals surface area contributed by atoms with Crippen molar-refractivity contribution in [2.75, 3.05) is 0 Å². The summed E-state index contributed by atoms with van der Waals surface area (Å²) in [7, 11) is 0. The van der Waals surface area contributed by atoms with Gasteiger partial charge in [0.15, 0.2) is 0 Å². The molecule has 0 N–H and O–H groups in total. The van der Waals surface area contributed by atoms with Crippen LogP contribution in [0.2, 0.25) is 0 Å². The Morgan fingerprint density at radius 3 is 0.604 bits per heavy atom. The lowest BCUT2D eigenvalue weighted by Gasteiger charge is -2.10. The average Bonchev–Trinajstić information content (AvgIpc) is 2.88. The Labute approximate surface area is 250 Å². The van der Waals surface area contributed by atoms with Gasteiger partial charge in [0.25, 0.3) is 43.3 Å². The molecule has 2 aromatic carbocycles. The second-order valence-electron chi connectivity index (χ2n) is 7.11. The van der Waals surface area contributed by atoms with Crippen LogP contribution >= 0.6 is 0 Å². The summed E-state index contributed by atoms with van der Waals surface area (Å²) in [4.78, 5) is 117. The molecule has 0 unspecified atom stereocenters. The molecule has 48 heavy (non-hydrogen) atoms. The van der Waals surface area contributed by atoms with Gasteiger partial charge in [0, 0.05) is 0 Å². The Balaban J connectivity index is 3.48. The maximum Gasteiger partial charge on any atom is 0.343 e. The van der Waals surface area contributed by atoms with Crippen molar-refractivity contribution in [1.82, 2.24) is 0 Å². The molecule has 0 amide bonds. The molecule has 0 aliphatic carbocycles. The highest BCUT2D eigenvalue weighted by Crippen LogP contribution is 2.59. The molecule has 0 fully saturated rings. The maximum absolute atomic E-state index is 11.8. The molecule has 2 rings (SSSR count). The van der Waals surface area contributed by atoms with E-state index in [2.05, 4.69) is 29.6 Å². The van der Waals surface area contributed by atoms with Gasteiger partial charge in [-0.3, -0.25) is 80.0 Å². The van der Waals surface area contributed by atoms with E-state index in [1.54, 1.807) is 0 Å². The highest BCUT2D eigenvalue weighted by atomic mass is 17.0. The average molecular weight is 696 g/mol. The summed E-state index contributed by atoms with van der Waals surface area (Å²) in [5.41, 5.74) is -19.1. The minimum atomic E-state index is -2.42. The lowest BCUT2D eigenvalue weighted by Crippen LogP contribution is -2.13. The Hall–Kier alpha value is -8.76. The van der Waals surface area contributed by atoms with Crippen molar-refractivity contribution in [1.29, 1.82) is 0 Å². The van der Waals surface area contributed by atoms with Crippen molar-refractivity contribution in [3.05, 3.63) is 101 Å². The van der Waals surface area contributed by atoms with Crippen molar-refractivity contribution < 1.29 is 69.2 Å². The summed E-state index contributed by atoms with van der Waals surface area (Å²) in [6.45, 7) is 0. The van der Waals surface area contributed by atoms with Crippen LogP contribution < -0.4 is 19.4 Å². The van der Waals surface area contributed by atoms with Gasteiger partial charge in [0.05, 0.1) is 29.5 Å². The zero-order chi connectivity index (χ0) is 36.9. The number of nitro benzene ring substituents is 6. The van der Waals surface area contributed by atoms with Gasteiger partial charge in [0.1, 0.15) is 0 Å². The second kappa shape index (κ2) is 13.3. The summed E-state index contributed by atoms with van der Waals surface area (Å²) in [5.74, 6) is -9.47. The van der Waals surface area contributed by atoms with Crippen LogP contribution in [0, 0.1) is 101 Å². The Morgan fingerprint density at radius 1 is 0.312 bits per heavy atom. The van der Waals surface area contributed by atoms with Crippen LogP contribution in [0.5, 0.6) is 23.0 Å². The molecule has 2 aromatic rings. The van der Waals surface area contributed by atoms with Crippen molar-refractivity contribution in [2.45, 2.75) is 0 Å². The van der Waals surface area contributed by atoms with Gasteiger partial charge in [-0.15, -0.1) is 50.7 Å². The first kappa shape index (κ1) is 35.4. The van der Waals surface area contributed by atoms with E-state index in [0.29, 0.717) is 0 Å². The summed E-state index contributed by atoms with van der Waals surface area (Å²) in [6.07, 6.45) is 0. The van der Waals surface area contributed by atoms with Gasteiger partial charge in [-0.05, 0) is 0 Å². The van der Waals surface area contributed by atoms with E-state index in [-0.39, 0.29) is 0 Å². The largest absolute Gasteiger partial charge is 0.343 e. The van der Waals surface area contributed by atoms with Gasteiger partial charge in [-0.25, -0.2) is 0 Å². The third-order valence-electron chi connectivity index (χ3n) is 4.63. The predicted octanol–water partition coefficient (Wildman–Crippen LogP) is 1.83. The minimum Gasteiger partial charge on any atom is -0.261 e. The molecule has 0 aliphatic rings. The van der Waals surface area contributed by atoms with Gasteiger partial charge < -0.3 is 0 Å². The third-order valence-corrected chi connectivity index (χ3v) is 4.63. The Morgan fingerprint density at radius 2 is 0.479 bits per heavy atom. The van der Waals surface area contributed by atoms with Gasteiger partial charge in [-0.1, -0.05) is 0 Å².